The number of nitrogens with two attached hydrogens (primary N) is 1. The first-order chi connectivity index (χ1) is 18.0. The Morgan fingerprint density at radius 3 is 2.79 bits per heavy atom. The smallest absolute Gasteiger partial charge is 0.314 e. The van der Waals surface area contributed by atoms with Crippen LogP contribution < -0.4 is 16.4 Å². The second-order valence-corrected chi connectivity index (χ2v) is 16.5. The van der Waals surface area contributed by atoms with Crippen molar-refractivity contribution in [2.24, 2.45) is 5.92 Å². The van der Waals surface area contributed by atoms with Crippen LogP contribution in [0.3, 0.4) is 0 Å². The SMILES string of the molecule is C[C@H]1CC[C@H](c2cccc(C#N)c2)N(C(=O)C(=O)Nc2cnc(N)c(C=N)c2NCOCC[Si](C)(C)C)C1. The minimum atomic E-state index is -1.25. The van der Waals surface area contributed by atoms with Crippen LogP contribution in [0.15, 0.2) is 30.5 Å². The Morgan fingerprint density at radius 1 is 1.34 bits per heavy atom. The largest absolute Gasteiger partial charge is 0.383 e. The van der Waals surface area contributed by atoms with Crippen molar-refractivity contribution in [3.63, 3.8) is 0 Å². The maximum atomic E-state index is 13.4. The van der Waals surface area contributed by atoms with E-state index < -0.39 is 19.9 Å². The zero-order valence-electron chi connectivity index (χ0n) is 22.5. The van der Waals surface area contributed by atoms with E-state index in [0.717, 1.165) is 24.2 Å². The molecule has 2 heterocycles. The van der Waals surface area contributed by atoms with E-state index in [1.165, 1.54) is 6.20 Å². The van der Waals surface area contributed by atoms with Gasteiger partial charge >= 0.3 is 11.8 Å². The van der Waals surface area contributed by atoms with Gasteiger partial charge in [-0.05, 0) is 42.5 Å². The highest BCUT2D eigenvalue weighted by Gasteiger charge is 2.34. The predicted octanol–water partition coefficient (Wildman–Crippen LogP) is 4.20. The summed E-state index contributed by atoms with van der Waals surface area (Å²) in [6.45, 7) is 9.99. The Kier molecular flexibility index (Phi) is 9.60. The molecule has 0 bridgehead atoms. The van der Waals surface area contributed by atoms with Crippen LogP contribution in [0.1, 0.15) is 42.5 Å². The summed E-state index contributed by atoms with van der Waals surface area (Å²) < 4.78 is 5.73. The molecule has 0 aliphatic carbocycles. The minimum Gasteiger partial charge on any atom is -0.383 e. The average molecular weight is 536 g/mol. The van der Waals surface area contributed by atoms with Gasteiger partial charge < -0.3 is 31.4 Å². The lowest BCUT2D eigenvalue weighted by Gasteiger charge is -2.38. The number of anilines is 3. The number of carbonyl (C=O) groups excluding carboxylic acids is 2. The van der Waals surface area contributed by atoms with Crippen molar-refractivity contribution < 1.29 is 14.3 Å². The number of amides is 2. The third kappa shape index (κ3) is 7.40. The highest BCUT2D eigenvalue weighted by atomic mass is 28.3. The number of piperidine rings is 1. The summed E-state index contributed by atoms with van der Waals surface area (Å²) in [4.78, 5) is 32.3. The minimum absolute atomic E-state index is 0.121. The van der Waals surface area contributed by atoms with E-state index in [-0.39, 0.29) is 30.2 Å². The van der Waals surface area contributed by atoms with Crippen molar-refractivity contribution in [3.05, 3.63) is 47.2 Å². The Balaban J connectivity index is 1.79. The number of carbonyl (C=O) groups is 2. The molecule has 1 fully saturated rings. The lowest BCUT2D eigenvalue weighted by Crippen LogP contribution is -2.46. The van der Waals surface area contributed by atoms with Crippen LogP contribution in [0.2, 0.25) is 25.7 Å². The highest BCUT2D eigenvalue weighted by Crippen LogP contribution is 2.34. The molecule has 2 atom stereocenters. The van der Waals surface area contributed by atoms with Gasteiger partial charge in [-0.3, -0.25) is 9.59 Å². The molecule has 5 N–H and O–H groups in total. The first-order valence-corrected chi connectivity index (χ1v) is 16.5. The maximum Gasteiger partial charge on any atom is 0.314 e. The number of likely N-dealkylation sites (tertiary alicyclic amines) is 1. The molecule has 1 aliphatic rings. The molecule has 1 aliphatic heterocycles. The number of benzene rings is 1. The van der Waals surface area contributed by atoms with E-state index in [0.29, 0.717) is 36.4 Å². The fourth-order valence-electron chi connectivity index (χ4n) is 4.39. The van der Waals surface area contributed by atoms with Crippen molar-refractivity contribution in [2.75, 3.05) is 36.2 Å². The molecule has 2 aromatic rings. The maximum absolute atomic E-state index is 13.4. The average Bonchev–Trinajstić information content (AvgIpc) is 2.88. The van der Waals surface area contributed by atoms with Gasteiger partial charge in [0, 0.05) is 27.4 Å². The zero-order chi connectivity index (χ0) is 27.9. The molecule has 202 valence electrons. The van der Waals surface area contributed by atoms with E-state index >= 15 is 0 Å². The quantitative estimate of drug-likeness (QED) is 0.123. The number of hydrogen-bond donors (Lipinski definition) is 4. The summed E-state index contributed by atoms with van der Waals surface area (Å²) in [6.07, 6.45) is 4.01. The third-order valence-electron chi connectivity index (χ3n) is 6.56. The highest BCUT2D eigenvalue weighted by molar-refractivity contribution is 6.76. The van der Waals surface area contributed by atoms with E-state index in [4.69, 9.17) is 15.9 Å². The molecule has 0 radical (unpaired) electrons. The molecule has 10 nitrogen and oxygen atoms in total. The van der Waals surface area contributed by atoms with Crippen molar-refractivity contribution >= 4 is 43.3 Å². The Hall–Kier alpha value is -3.75. The predicted molar refractivity (Wildman–Crippen MR) is 152 cm³/mol. The summed E-state index contributed by atoms with van der Waals surface area (Å²) in [7, 11) is -1.25. The summed E-state index contributed by atoms with van der Waals surface area (Å²) in [5.41, 5.74) is 8.20. The fourth-order valence-corrected chi connectivity index (χ4v) is 5.15. The lowest BCUT2D eigenvalue weighted by atomic mass is 9.89. The standard InChI is InChI=1S/C27H37N7O3Si/c1-18-8-9-23(20-7-5-6-19(12-20)13-28)34(16-18)27(36)26(35)33-22-15-31-25(30)21(14-29)24(22)32-17-37-10-11-38(2,3)4/h5-7,12,14-15,18,23,29H,8-11,16-17H2,1-4H3,(H,33,35)(H3,30,31,32)/t18-,23+/m0/s1. The number of ether oxygens (including phenoxy) is 1. The number of pyridine rings is 1. The Morgan fingerprint density at radius 2 is 2.11 bits per heavy atom. The molecular weight excluding hydrogens is 498 g/mol. The van der Waals surface area contributed by atoms with Gasteiger partial charge in [0.2, 0.25) is 0 Å². The van der Waals surface area contributed by atoms with Crippen LogP contribution in [0.4, 0.5) is 17.2 Å². The number of aromatic nitrogens is 1. The van der Waals surface area contributed by atoms with Gasteiger partial charge in [-0.15, -0.1) is 0 Å². The third-order valence-corrected chi connectivity index (χ3v) is 8.26. The van der Waals surface area contributed by atoms with E-state index in [2.05, 4.69) is 41.3 Å². The molecule has 0 saturated carbocycles. The lowest BCUT2D eigenvalue weighted by molar-refractivity contribution is -0.146. The van der Waals surface area contributed by atoms with Crippen LogP contribution in [0, 0.1) is 22.7 Å². The number of nitrogen functional groups attached to an aromatic ring is 1. The Labute approximate surface area is 225 Å². The molecule has 0 spiro atoms. The van der Waals surface area contributed by atoms with Gasteiger partial charge in [0.15, 0.2) is 0 Å². The van der Waals surface area contributed by atoms with Crippen molar-refractivity contribution in [2.45, 2.75) is 51.5 Å². The molecule has 11 heteroatoms. The van der Waals surface area contributed by atoms with E-state index in [1.807, 2.05) is 13.0 Å². The first-order valence-electron chi connectivity index (χ1n) is 12.8. The summed E-state index contributed by atoms with van der Waals surface area (Å²) >= 11 is 0. The van der Waals surface area contributed by atoms with Gasteiger partial charge in [-0.25, -0.2) is 4.98 Å². The van der Waals surface area contributed by atoms with Crippen molar-refractivity contribution in [3.8, 4) is 6.07 Å². The van der Waals surface area contributed by atoms with Gasteiger partial charge in [0.25, 0.3) is 0 Å². The molecule has 2 amide bonds. The molecular formula is C27H37N7O3Si. The topological polar surface area (TPSA) is 157 Å². The number of hydrogen-bond acceptors (Lipinski definition) is 8. The molecule has 1 aromatic heterocycles. The first kappa shape index (κ1) is 28.8. The van der Waals surface area contributed by atoms with Crippen molar-refractivity contribution in [1.29, 1.82) is 10.7 Å². The van der Waals surface area contributed by atoms with Crippen LogP contribution in [-0.4, -0.2) is 55.9 Å². The molecule has 38 heavy (non-hydrogen) atoms. The normalized spacial score (nSPS) is 17.4. The fraction of sp³-hybridized carbons (Fsp3) is 0.444. The zero-order valence-corrected chi connectivity index (χ0v) is 23.5. The van der Waals surface area contributed by atoms with E-state index in [9.17, 15) is 14.9 Å². The van der Waals surface area contributed by atoms with Crippen LogP contribution in [0.5, 0.6) is 0 Å². The van der Waals surface area contributed by atoms with Gasteiger partial charge in [-0.1, -0.05) is 38.7 Å². The molecule has 1 aromatic carbocycles. The second kappa shape index (κ2) is 12.7. The number of nitrogens with one attached hydrogen (secondary N) is 3. The monoisotopic (exact) mass is 535 g/mol. The number of nitriles is 1. The molecule has 1 saturated heterocycles. The van der Waals surface area contributed by atoms with Gasteiger partial charge in [-0.2, -0.15) is 5.26 Å². The summed E-state index contributed by atoms with van der Waals surface area (Å²) in [6, 6.07) is 9.97. The van der Waals surface area contributed by atoms with Crippen molar-refractivity contribution in [1.82, 2.24) is 9.88 Å². The molecule has 3 rings (SSSR count). The molecule has 0 unspecified atom stereocenters. The number of rotatable bonds is 9. The van der Waals surface area contributed by atoms with Gasteiger partial charge in [0.05, 0.1) is 40.8 Å². The van der Waals surface area contributed by atoms with Gasteiger partial charge in [0.1, 0.15) is 12.5 Å². The summed E-state index contributed by atoms with van der Waals surface area (Å²) in [5.74, 6) is -1.13. The van der Waals surface area contributed by atoms with Crippen LogP contribution >= 0.6 is 0 Å². The second-order valence-electron chi connectivity index (χ2n) is 10.9. The van der Waals surface area contributed by atoms with E-state index in [1.54, 1.807) is 23.1 Å². The number of nitrogens with zero attached hydrogens (tertiary/aromatic N) is 3. The van der Waals surface area contributed by atoms with Crippen LogP contribution in [-0.2, 0) is 14.3 Å². The van der Waals surface area contributed by atoms with Crippen LogP contribution in [0.25, 0.3) is 0 Å². The Bertz CT molecular complexity index is 1220. The summed E-state index contributed by atoms with van der Waals surface area (Å²) in [5, 5.41) is 22.9.